The molecule has 0 saturated carbocycles. The van der Waals surface area contributed by atoms with Crippen molar-refractivity contribution < 1.29 is 9.72 Å². The van der Waals surface area contributed by atoms with E-state index < -0.39 is 4.92 Å². The quantitative estimate of drug-likeness (QED) is 0.524. The van der Waals surface area contributed by atoms with Crippen LogP contribution in [0.25, 0.3) is 11.3 Å². The number of aromatic nitrogens is 2. The second kappa shape index (κ2) is 8.04. The summed E-state index contributed by atoms with van der Waals surface area (Å²) in [6.45, 7) is 4.54. The van der Waals surface area contributed by atoms with Gasteiger partial charge in [-0.05, 0) is 49.1 Å². The van der Waals surface area contributed by atoms with E-state index in [1.54, 1.807) is 22.9 Å². The summed E-state index contributed by atoms with van der Waals surface area (Å²) in [6, 6.07) is 14.3. The van der Waals surface area contributed by atoms with Crippen LogP contribution < -0.4 is 5.32 Å². The highest BCUT2D eigenvalue weighted by Gasteiger charge is 2.14. The molecule has 0 atom stereocenters. The molecule has 3 rings (SSSR count). The van der Waals surface area contributed by atoms with Crippen LogP contribution in [-0.4, -0.2) is 27.2 Å². The Morgan fingerprint density at radius 2 is 1.82 bits per heavy atom. The third-order valence-corrected chi connectivity index (χ3v) is 4.76. The number of carbonyl (C=O) groups is 1. The molecule has 144 valence electrons. The van der Waals surface area contributed by atoms with Gasteiger partial charge in [-0.1, -0.05) is 24.3 Å². The van der Waals surface area contributed by atoms with E-state index in [-0.39, 0.29) is 11.6 Å². The van der Waals surface area contributed by atoms with Gasteiger partial charge in [-0.25, -0.2) is 0 Å². The summed E-state index contributed by atoms with van der Waals surface area (Å²) in [4.78, 5) is 22.7. The standard InChI is InChI=1S/C21H22N4O3/c1-14-4-7-17(12-15(14)2)20-13-19(23-24(20)3)21(26)22-11-10-16-5-8-18(9-6-16)25(27)28/h4-9,12-13H,10-11H2,1-3H3,(H,22,26). The Balaban J connectivity index is 1.63. The molecule has 0 spiro atoms. The topological polar surface area (TPSA) is 90.1 Å². The fourth-order valence-corrected chi connectivity index (χ4v) is 2.94. The molecule has 0 bridgehead atoms. The number of nitrogens with one attached hydrogen (secondary N) is 1. The number of hydrogen-bond acceptors (Lipinski definition) is 4. The second-order valence-electron chi connectivity index (χ2n) is 6.77. The van der Waals surface area contributed by atoms with Crippen molar-refractivity contribution in [3.63, 3.8) is 0 Å². The van der Waals surface area contributed by atoms with E-state index in [1.807, 2.05) is 13.1 Å². The molecule has 7 nitrogen and oxygen atoms in total. The Bertz CT molecular complexity index is 1020. The first-order valence-corrected chi connectivity index (χ1v) is 8.98. The number of nitro groups is 1. The first-order chi connectivity index (χ1) is 13.3. The van der Waals surface area contributed by atoms with Crippen LogP contribution in [0.5, 0.6) is 0 Å². The molecular weight excluding hydrogens is 356 g/mol. The van der Waals surface area contributed by atoms with Crippen molar-refractivity contribution in [2.75, 3.05) is 6.54 Å². The molecule has 2 aromatic carbocycles. The van der Waals surface area contributed by atoms with Crippen LogP contribution in [0.4, 0.5) is 5.69 Å². The highest BCUT2D eigenvalue weighted by atomic mass is 16.6. The summed E-state index contributed by atoms with van der Waals surface area (Å²) in [7, 11) is 1.82. The Morgan fingerprint density at radius 1 is 1.11 bits per heavy atom. The van der Waals surface area contributed by atoms with Crippen LogP contribution in [0.3, 0.4) is 0 Å². The summed E-state index contributed by atoms with van der Waals surface area (Å²) in [6.07, 6.45) is 0.584. The maximum Gasteiger partial charge on any atom is 0.271 e. The Kier molecular flexibility index (Phi) is 5.54. The van der Waals surface area contributed by atoms with Crippen molar-refractivity contribution >= 4 is 11.6 Å². The van der Waals surface area contributed by atoms with Gasteiger partial charge >= 0.3 is 0 Å². The lowest BCUT2D eigenvalue weighted by Gasteiger charge is -2.05. The van der Waals surface area contributed by atoms with Gasteiger partial charge < -0.3 is 5.32 Å². The number of nitro benzene ring substituents is 1. The van der Waals surface area contributed by atoms with Crippen LogP contribution in [0.2, 0.25) is 0 Å². The molecule has 1 aromatic heterocycles. The molecule has 0 fully saturated rings. The lowest BCUT2D eigenvalue weighted by molar-refractivity contribution is -0.384. The number of benzene rings is 2. The van der Waals surface area contributed by atoms with E-state index in [2.05, 4.69) is 36.4 Å². The molecular formula is C21H22N4O3. The highest BCUT2D eigenvalue weighted by Crippen LogP contribution is 2.22. The van der Waals surface area contributed by atoms with Crippen LogP contribution in [0.1, 0.15) is 27.2 Å². The Hall–Kier alpha value is -3.48. The van der Waals surface area contributed by atoms with Gasteiger partial charge in [-0.2, -0.15) is 5.10 Å². The summed E-state index contributed by atoms with van der Waals surface area (Å²) in [5.74, 6) is -0.243. The maximum absolute atomic E-state index is 12.4. The van der Waals surface area contributed by atoms with E-state index in [0.717, 1.165) is 16.8 Å². The number of rotatable bonds is 6. The van der Waals surface area contributed by atoms with Gasteiger partial charge in [0.05, 0.1) is 10.6 Å². The Labute approximate surface area is 163 Å². The lowest BCUT2D eigenvalue weighted by Crippen LogP contribution is -2.26. The minimum Gasteiger partial charge on any atom is -0.350 e. The van der Waals surface area contributed by atoms with Gasteiger partial charge in [0, 0.05) is 31.3 Å². The van der Waals surface area contributed by atoms with Crippen LogP contribution in [0, 0.1) is 24.0 Å². The van der Waals surface area contributed by atoms with Gasteiger partial charge in [-0.15, -0.1) is 0 Å². The molecule has 3 aromatic rings. The number of amides is 1. The van der Waals surface area contributed by atoms with Crippen molar-refractivity contribution in [1.29, 1.82) is 0 Å². The molecule has 0 unspecified atom stereocenters. The van der Waals surface area contributed by atoms with Gasteiger partial charge in [0.25, 0.3) is 11.6 Å². The van der Waals surface area contributed by atoms with Crippen molar-refractivity contribution in [1.82, 2.24) is 15.1 Å². The van der Waals surface area contributed by atoms with Gasteiger partial charge in [0.2, 0.25) is 0 Å². The third kappa shape index (κ3) is 4.25. The second-order valence-corrected chi connectivity index (χ2v) is 6.77. The molecule has 0 aliphatic carbocycles. The summed E-state index contributed by atoms with van der Waals surface area (Å²) < 4.78 is 1.70. The number of nitrogens with zero attached hydrogens (tertiary/aromatic N) is 3. The third-order valence-electron chi connectivity index (χ3n) is 4.76. The summed E-state index contributed by atoms with van der Waals surface area (Å²) in [5, 5.41) is 17.9. The smallest absolute Gasteiger partial charge is 0.271 e. The van der Waals surface area contributed by atoms with Gasteiger partial charge in [0.1, 0.15) is 0 Å². The van der Waals surface area contributed by atoms with Gasteiger partial charge in [-0.3, -0.25) is 19.6 Å². The molecule has 1 heterocycles. The number of hydrogen-bond donors (Lipinski definition) is 1. The van der Waals surface area contributed by atoms with Crippen molar-refractivity contribution in [2.45, 2.75) is 20.3 Å². The largest absolute Gasteiger partial charge is 0.350 e. The number of carbonyl (C=O) groups excluding carboxylic acids is 1. The minimum atomic E-state index is -0.431. The zero-order valence-corrected chi connectivity index (χ0v) is 16.1. The first-order valence-electron chi connectivity index (χ1n) is 8.98. The highest BCUT2D eigenvalue weighted by molar-refractivity contribution is 5.93. The summed E-state index contributed by atoms with van der Waals surface area (Å²) in [5.41, 5.74) is 5.64. The maximum atomic E-state index is 12.4. The Morgan fingerprint density at radius 3 is 2.46 bits per heavy atom. The summed E-state index contributed by atoms with van der Waals surface area (Å²) >= 11 is 0. The van der Waals surface area contributed by atoms with Crippen LogP contribution in [-0.2, 0) is 13.5 Å². The normalized spacial score (nSPS) is 10.7. The molecule has 0 aliphatic heterocycles. The molecule has 1 amide bonds. The van der Waals surface area contributed by atoms with Gasteiger partial charge in [0.15, 0.2) is 5.69 Å². The zero-order valence-electron chi connectivity index (χ0n) is 16.1. The lowest BCUT2D eigenvalue weighted by atomic mass is 10.0. The SMILES string of the molecule is Cc1ccc(-c2cc(C(=O)NCCc3ccc([N+](=O)[O-])cc3)nn2C)cc1C. The fourth-order valence-electron chi connectivity index (χ4n) is 2.94. The van der Waals surface area contributed by atoms with Crippen LogP contribution in [0.15, 0.2) is 48.5 Å². The monoisotopic (exact) mass is 378 g/mol. The van der Waals surface area contributed by atoms with Crippen molar-refractivity contribution in [2.24, 2.45) is 7.05 Å². The van der Waals surface area contributed by atoms with E-state index in [4.69, 9.17) is 0 Å². The van der Waals surface area contributed by atoms with E-state index in [9.17, 15) is 14.9 Å². The van der Waals surface area contributed by atoms with E-state index in [1.165, 1.54) is 23.3 Å². The van der Waals surface area contributed by atoms with E-state index in [0.29, 0.717) is 18.7 Å². The molecule has 28 heavy (non-hydrogen) atoms. The first kappa shape index (κ1) is 19.3. The van der Waals surface area contributed by atoms with Crippen molar-refractivity contribution in [3.8, 4) is 11.3 Å². The fraction of sp³-hybridized carbons (Fsp3) is 0.238. The molecule has 0 aliphatic rings. The molecule has 1 N–H and O–H groups in total. The van der Waals surface area contributed by atoms with E-state index >= 15 is 0 Å². The number of aryl methyl sites for hydroxylation is 3. The van der Waals surface area contributed by atoms with Crippen LogP contribution >= 0.6 is 0 Å². The minimum absolute atomic E-state index is 0.0557. The molecule has 0 radical (unpaired) electrons. The zero-order chi connectivity index (χ0) is 20.3. The molecule has 7 heteroatoms. The predicted molar refractivity (Wildman–Crippen MR) is 107 cm³/mol. The average Bonchev–Trinajstić information content (AvgIpc) is 3.06. The predicted octanol–water partition coefficient (Wildman–Crippen LogP) is 3.58. The number of non-ortho nitro benzene ring substituents is 1. The average molecular weight is 378 g/mol. The van der Waals surface area contributed by atoms with Crippen molar-refractivity contribution in [3.05, 3.63) is 81.0 Å². The molecule has 0 saturated heterocycles.